The largest absolute Gasteiger partial charge is 0.491 e. The third-order valence-corrected chi connectivity index (χ3v) is 3.99. The number of aryl methyl sites for hydroxylation is 1. The number of alkyl halides is 1. The number of halogens is 1. The monoisotopic (exact) mass is 356 g/mol. The lowest BCUT2D eigenvalue weighted by atomic mass is 10.0. The molecule has 0 unspecified atom stereocenters. The third kappa shape index (κ3) is 11.7. The van der Waals surface area contributed by atoms with Crippen LogP contribution in [0.4, 0.5) is 0 Å². The van der Waals surface area contributed by atoms with Crippen molar-refractivity contribution in [3.05, 3.63) is 29.8 Å². The fourth-order valence-electron chi connectivity index (χ4n) is 2.46. The molecule has 0 heterocycles. The molecule has 3 nitrogen and oxygen atoms in total. The molecule has 1 aromatic rings. The number of benzene rings is 1. The molecule has 1 rings (SSSR count). The van der Waals surface area contributed by atoms with Crippen molar-refractivity contribution in [2.24, 2.45) is 0 Å². The Hall–Kier alpha value is -0.770. The number of rotatable bonds is 16. The Morgan fingerprint density at radius 1 is 0.750 bits per heavy atom. The summed E-state index contributed by atoms with van der Waals surface area (Å²) in [7, 11) is 0. The maximum absolute atomic E-state index is 5.67. The molecule has 0 radical (unpaired) electrons. The standard InChI is InChI=1S/C20H33ClO3/c1-2-3-4-5-6-7-8-19-9-11-20(12-10-19)24-18-17-23-16-15-22-14-13-21/h9-12H,2-8,13-18H2,1H3. The fourth-order valence-corrected chi connectivity index (χ4v) is 2.57. The zero-order chi connectivity index (χ0) is 17.3. The van der Waals surface area contributed by atoms with Crippen molar-refractivity contribution in [1.29, 1.82) is 0 Å². The Bertz CT molecular complexity index is 381. The van der Waals surface area contributed by atoms with E-state index >= 15 is 0 Å². The molecule has 0 N–H and O–H groups in total. The normalized spacial score (nSPS) is 10.9. The van der Waals surface area contributed by atoms with Crippen LogP contribution in [-0.4, -0.2) is 38.9 Å². The highest BCUT2D eigenvalue weighted by atomic mass is 35.5. The van der Waals surface area contributed by atoms with Crippen molar-refractivity contribution >= 4 is 11.6 Å². The van der Waals surface area contributed by atoms with Crippen LogP contribution in [0.1, 0.15) is 51.0 Å². The number of unbranched alkanes of at least 4 members (excludes halogenated alkanes) is 5. The minimum Gasteiger partial charge on any atom is -0.491 e. The number of ether oxygens (including phenoxy) is 3. The summed E-state index contributed by atoms with van der Waals surface area (Å²) in [5, 5.41) is 0. The molecule has 1 aromatic carbocycles. The van der Waals surface area contributed by atoms with Gasteiger partial charge < -0.3 is 14.2 Å². The van der Waals surface area contributed by atoms with Gasteiger partial charge in [0.25, 0.3) is 0 Å². The molecule has 0 bridgehead atoms. The van der Waals surface area contributed by atoms with Gasteiger partial charge in [-0.15, -0.1) is 11.6 Å². The van der Waals surface area contributed by atoms with Gasteiger partial charge in [-0.2, -0.15) is 0 Å². The molecule has 138 valence electrons. The molecule has 0 atom stereocenters. The highest BCUT2D eigenvalue weighted by molar-refractivity contribution is 6.17. The molecular weight excluding hydrogens is 324 g/mol. The van der Waals surface area contributed by atoms with Gasteiger partial charge in [-0.05, 0) is 30.5 Å². The van der Waals surface area contributed by atoms with Crippen LogP contribution in [-0.2, 0) is 15.9 Å². The van der Waals surface area contributed by atoms with Gasteiger partial charge in [0.1, 0.15) is 12.4 Å². The molecule has 0 amide bonds. The van der Waals surface area contributed by atoms with Crippen LogP contribution in [0.3, 0.4) is 0 Å². The summed E-state index contributed by atoms with van der Waals surface area (Å²) in [5.41, 5.74) is 1.39. The maximum Gasteiger partial charge on any atom is 0.119 e. The van der Waals surface area contributed by atoms with Gasteiger partial charge in [-0.1, -0.05) is 51.2 Å². The maximum atomic E-state index is 5.67. The number of hydrogen-bond acceptors (Lipinski definition) is 3. The molecule has 0 aromatic heterocycles. The van der Waals surface area contributed by atoms with Gasteiger partial charge in [0, 0.05) is 5.88 Å². The van der Waals surface area contributed by atoms with Crippen molar-refractivity contribution in [3.8, 4) is 5.75 Å². The van der Waals surface area contributed by atoms with Gasteiger partial charge in [-0.3, -0.25) is 0 Å². The second kappa shape index (κ2) is 15.7. The van der Waals surface area contributed by atoms with Crippen molar-refractivity contribution < 1.29 is 14.2 Å². The van der Waals surface area contributed by atoms with E-state index in [9.17, 15) is 0 Å². The molecule has 0 aliphatic heterocycles. The molecule has 24 heavy (non-hydrogen) atoms. The van der Waals surface area contributed by atoms with E-state index in [2.05, 4.69) is 31.2 Å². The van der Waals surface area contributed by atoms with Crippen molar-refractivity contribution in [1.82, 2.24) is 0 Å². The second-order valence-electron chi connectivity index (χ2n) is 5.92. The van der Waals surface area contributed by atoms with Crippen molar-refractivity contribution in [2.75, 3.05) is 38.9 Å². The first-order chi connectivity index (χ1) is 11.9. The molecule has 0 saturated heterocycles. The molecule has 0 aliphatic rings. The predicted octanol–water partition coefficient (Wildman–Crippen LogP) is 5.24. The highest BCUT2D eigenvalue weighted by Gasteiger charge is 1.97. The van der Waals surface area contributed by atoms with Gasteiger partial charge in [0.15, 0.2) is 0 Å². The first-order valence-electron chi connectivity index (χ1n) is 9.30. The smallest absolute Gasteiger partial charge is 0.119 e. The van der Waals surface area contributed by atoms with Crippen LogP contribution < -0.4 is 4.74 Å². The second-order valence-corrected chi connectivity index (χ2v) is 6.30. The SMILES string of the molecule is CCCCCCCCc1ccc(OCCOCCOCCCl)cc1. The zero-order valence-electron chi connectivity index (χ0n) is 15.1. The Labute approximate surface area is 152 Å². The average Bonchev–Trinajstić information content (AvgIpc) is 2.61. The summed E-state index contributed by atoms with van der Waals surface area (Å²) in [5.74, 6) is 1.43. The summed E-state index contributed by atoms with van der Waals surface area (Å²) in [6.07, 6.45) is 9.21. The van der Waals surface area contributed by atoms with E-state index in [4.69, 9.17) is 25.8 Å². The summed E-state index contributed by atoms with van der Waals surface area (Å²) in [6.45, 7) is 5.13. The summed E-state index contributed by atoms with van der Waals surface area (Å²) >= 11 is 5.51. The molecule has 0 spiro atoms. The lowest BCUT2D eigenvalue weighted by molar-refractivity contribution is 0.0410. The molecule has 0 aliphatic carbocycles. The van der Waals surface area contributed by atoms with E-state index in [0.717, 1.165) is 12.2 Å². The van der Waals surface area contributed by atoms with E-state index in [1.165, 1.54) is 44.1 Å². The zero-order valence-corrected chi connectivity index (χ0v) is 15.9. The van der Waals surface area contributed by atoms with Gasteiger partial charge in [0.2, 0.25) is 0 Å². The number of hydrogen-bond donors (Lipinski definition) is 0. The van der Waals surface area contributed by atoms with Crippen LogP contribution in [0.2, 0.25) is 0 Å². The molecule has 4 heteroatoms. The van der Waals surface area contributed by atoms with Gasteiger partial charge >= 0.3 is 0 Å². The third-order valence-electron chi connectivity index (χ3n) is 3.83. The Morgan fingerprint density at radius 3 is 2.08 bits per heavy atom. The van der Waals surface area contributed by atoms with Crippen LogP contribution in [0.25, 0.3) is 0 Å². The molecule has 0 saturated carbocycles. The summed E-state index contributed by atoms with van der Waals surface area (Å²) < 4.78 is 16.3. The van der Waals surface area contributed by atoms with Gasteiger partial charge in [0.05, 0.1) is 26.4 Å². The van der Waals surface area contributed by atoms with E-state index in [1.54, 1.807) is 0 Å². The predicted molar refractivity (Wildman–Crippen MR) is 101 cm³/mol. The Balaban J connectivity index is 2.01. The summed E-state index contributed by atoms with van der Waals surface area (Å²) in [4.78, 5) is 0. The minimum atomic E-state index is 0.526. The molecule has 0 fully saturated rings. The van der Waals surface area contributed by atoms with Crippen molar-refractivity contribution in [3.63, 3.8) is 0 Å². The van der Waals surface area contributed by atoms with Crippen LogP contribution in [0, 0.1) is 0 Å². The average molecular weight is 357 g/mol. The van der Waals surface area contributed by atoms with E-state index in [-0.39, 0.29) is 0 Å². The van der Waals surface area contributed by atoms with E-state index in [1.807, 2.05) is 0 Å². The fraction of sp³-hybridized carbons (Fsp3) is 0.700. The first-order valence-corrected chi connectivity index (χ1v) is 9.83. The Morgan fingerprint density at radius 2 is 1.38 bits per heavy atom. The minimum absolute atomic E-state index is 0.526. The van der Waals surface area contributed by atoms with Crippen LogP contribution >= 0.6 is 11.6 Å². The van der Waals surface area contributed by atoms with Crippen LogP contribution in [0.5, 0.6) is 5.75 Å². The molecular formula is C20H33ClO3. The van der Waals surface area contributed by atoms with E-state index in [0.29, 0.717) is 38.9 Å². The lowest BCUT2D eigenvalue weighted by Crippen LogP contribution is -2.11. The quantitative estimate of drug-likeness (QED) is 0.299. The summed E-state index contributed by atoms with van der Waals surface area (Å²) in [6, 6.07) is 8.44. The van der Waals surface area contributed by atoms with Gasteiger partial charge in [-0.25, -0.2) is 0 Å². The lowest BCUT2D eigenvalue weighted by Gasteiger charge is -2.08. The van der Waals surface area contributed by atoms with Crippen molar-refractivity contribution in [2.45, 2.75) is 51.9 Å². The first kappa shape index (κ1) is 21.3. The van der Waals surface area contributed by atoms with E-state index < -0.39 is 0 Å². The highest BCUT2D eigenvalue weighted by Crippen LogP contribution is 2.15. The van der Waals surface area contributed by atoms with Crippen LogP contribution in [0.15, 0.2) is 24.3 Å². The Kier molecular flexibility index (Phi) is 14.0. The topological polar surface area (TPSA) is 27.7 Å².